The molecule has 0 aromatic heterocycles. The summed E-state index contributed by atoms with van der Waals surface area (Å²) in [5, 5.41) is 8.88. The van der Waals surface area contributed by atoms with Gasteiger partial charge in [-0.1, -0.05) is 0 Å². The number of likely N-dealkylation sites (tertiary alicyclic amines) is 1. The van der Waals surface area contributed by atoms with Gasteiger partial charge >= 0.3 is 5.97 Å². The Balaban J connectivity index is 2.51. The van der Waals surface area contributed by atoms with Crippen LogP contribution >= 0.6 is 0 Å². The van der Waals surface area contributed by atoms with E-state index >= 15 is 0 Å². The van der Waals surface area contributed by atoms with Gasteiger partial charge in [-0.2, -0.15) is 0 Å². The third-order valence-electron chi connectivity index (χ3n) is 3.21. The van der Waals surface area contributed by atoms with Crippen LogP contribution in [0.15, 0.2) is 0 Å². The summed E-state index contributed by atoms with van der Waals surface area (Å²) < 4.78 is 10.6. The summed E-state index contributed by atoms with van der Waals surface area (Å²) in [6.07, 6.45) is 0.855. The van der Waals surface area contributed by atoms with Crippen LogP contribution in [0.25, 0.3) is 0 Å². The van der Waals surface area contributed by atoms with Crippen molar-refractivity contribution >= 4 is 11.9 Å². The van der Waals surface area contributed by atoms with E-state index in [0.29, 0.717) is 19.6 Å². The average molecular weight is 273 g/mol. The Labute approximate surface area is 113 Å². The first-order valence-electron chi connectivity index (χ1n) is 6.59. The lowest BCUT2D eigenvalue weighted by molar-refractivity contribution is -0.140. The van der Waals surface area contributed by atoms with Gasteiger partial charge in [0.2, 0.25) is 5.91 Å². The predicted octanol–water partition coefficient (Wildman–Crippen LogP) is 0.892. The highest BCUT2D eigenvalue weighted by atomic mass is 16.5. The van der Waals surface area contributed by atoms with E-state index in [1.165, 1.54) is 0 Å². The molecule has 110 valence electrons. The van der Waals surface area contributed by atoms with Gasteiger partial charge in [0.15, 0.2) is 0 Å². The third kappa shape index (κ3) is 5.16. The van der Waals surface area contributed by atoms with Crippen LogP contribution in [0.4, 0.5) is 0 Å². The van der Waals surface area contributed by atoms with Gasteiger partial charge in [0.1, 0.15) is 0 Å². The van der Waals surface area contributed by atoms with Gasteiger partial charge in [0.25, 0.3) is 0 Å². The minimum atomic E-state index is -0.891. The number of methoxy groups -OCH3 is 1. The lowest BCUT2D eigenvalue weighted by atomic mass is 10.1. The van der Waals surface area contributed by atoms with Crippen molar-refractivity contribution in [2.75, 3.05) is 20.3 Å². The zero-order valence-corrected chi connectivity index (χ0v) is 11.8. The zero-order valence-electron chi connectivity index (χ0n) is 11.8. The second kappa shape index (κ2) is 7.45. The Bertz CT molecular complexity index is 318. The van der Waals surface area contributed by atoms with Crippen molar-refractivity contribution in [2.24, 2.45) is 0 Å². The number of carboxylic acid groups (broad SMARTS) is 1. The normalized spacial score (nSPS) is 23.1. The molecule has 2 unspecified atom stereocenters. The molecule has 6 heteroatoms. The van der Waals surface area contributed by atoms with E-state index < -0.39 is 5.97 Å². The molecule has 0 spiro atoms. The monoisotopic (exact) mass is 273 g/mol. The fourth-order valence-corrected chi connectivity index (χ4v) is 2.27. The van der Waals surface area contributed by atoms with Crippen LogP contribution in [0, 0.1) is 0 Å². The van der Waals surface area contributed by atoms with E-state index in [2.05, 4.69) is 0 Å². The second-order valence-corrected chi connectivity index (χ2v) is 5.06. The van der Waals surface area contributed by atoms with Gasteiger partial charge in [-0.15, -0.1) is 0 Å². The molecular weight excluding hydrogens is 250 g/mol. The molecule has 0 aromatic carbocycles. The molecule has 1 rings (SSSR count). The molecule has 1 aliphatic rings. The summed E-state index contributed by atoms with van der Waals surface area (Å²) in [5.74, 6) is -0.954. The molecule has 1 saturated heterocycles. The van der Waals surface area contributed by atoms with Crippen molar-refractivity contribution < 1.29 is 24.2 Å². The van der Waals surface area contributed by atoms with Crippen molar-refractivity contribution in [3.05, 3.63) is 0 Å². The topological polar surface area (TPSA) is 76.1 Å². The number of nitrogens with zero attached hydrogens (tertiary/aromatic N) is 1. The molecule has 0 saturated carbocycles. The van der Waals surface area contributed by atoms with Crippen molar-refractivity contribution in [1.29, 1.82) is 0 Å². The Kier molecular flexibility index (Phi) is 6.24. The maximum atomic E-state index is 12.1. The van der Waals surface area contributed by atoms with Crippen LogP contribution in [0.1, 0.15) is 33.1 Å². The van der Waals surface area contributed by atoms with Gasteiger partial charge in [-0.25, -0.2) is 0 Å². The Morgan fingerprint density at radius 3 is 2.63 bits per heavy atom. The lowest BCUT2D eigenvalue weighted by Crippen LogP contribution is -2.37. The van der Waals surface area contributed by atoms with Gasteiger partial charge in [0, 0.05) is 19.7 Å². The first-order valence-corrected chi connectivity index (χ1v) is 6.59. The van der Waals surface area contributed by atoms with E-state index in [4.69, 9.17) is 14.6 Å². The van der Waals surface area contributed by atoms with Crippen molar-refractivity contribution in [3.8, 4) is 0 Å². The highest BCUT2D eigenvalue weighted by Crippen LogP contribution is 2.23. The fraction of sp³-hybridized carbons (Fsp3) is 0.846. The van der Waals surface area contributed by atoms with Crippen LogP contribution in [0.2, 0.25) is 0 Å². The van der Waals surface area contributed by atoms with E-state index in [9.17, 15) is 9.59 Å². The summed E-state index contributed by atoms with van der Waals surface area (Å²) in [6, 6.07) is -0.269. The molecule has 1 amide bonds. The summed E-state index contributed by atoms with van der Waals surface area (Å²) in [7, 11) is 1.58. The Hall–Kier alpha value is -1.14. The molecule has 19 heavy (non-hydrogen) atoms. The number of amides is 1. The molecule has 0 bridgehead atoms. The molecule has 1 fully saturated rings. The molecule has 0 radical (unpaired) electrons. The number of carboxylic acids is 1. The van der Waals surface area contributed by atoms with Crippen LogP contribution in [-0.2, 0) is 19.1 Å². The molecule has 0 aromatic rings. The second-order valence-electron chi connectivity index (χ2n) is 5.06. The quantitative estimate of drug-likeness (QED) is 0.745. The smallest absolute Gasteiger partial charge is 0.305 e. The summed E-state index contributed by atoms with van der Waals surface area (Å²) >= 11 is 0. The molecule has 1 N–H and O–H groups in total. The molecule has 1 heterocycles. The Morgan fingerprint density at radius 1 is 1.42 bits per heavy atom. The van der Waals surface area contributed by atoms with Crippen LogP contribution < -0.4 is 0 Å². The van der Waals surface area contributed by atoms with E-state index in [1.54, 1.807) is 12.0 Å². The zero-order chi connectivity index (χ0) is 14.4. The number of hydrogen-bond donors (Lipinski definition) is 1. The maximum Gasteiger partial charge on any atom is 0.305 e. The predicted molar refractivity (Wildman–Crippen MR) is 68.9 cm³/mol. The van der Waals surface area contributed by atoms with Crippen molar-refractivity contribution in [3.63, 3.8) is 0 Å². The van der Waals surface area contributed by atoms with Crippen molar-refractivity contribution in [2.45, 2.75) is 51.4 Å². The number of aliphatic carboxylic acids is 1. The SMILES string of the molecule is COC1CC(CC(=O)O)N(C(=O)CCOC(C)C)C1. The van der Waals surface area contributed by atoms with Crippen LogP contribution in [-0.4, -0.2) is 60.4 Å². The number of ether oxygens (including phenoxy) is 2. The lowest BCUT2D eigenvalue weighted by Gasteiger charge is -2.23. The fourth-order valence-electron chi connectivity index (χ4n) is 2.27. The van der Waals surface area contributed by atoms with Gasteiger partial charge in [0.05, 0.1) is 31.7 Å². The highest BCUT2D eigenvalue weighted by molar-refractivity contribution is 5.78. The highest BCUT2D eigenvalue weighted by Gasteiger charge is 2.36. The molecule has 6 nitrogen and oxygen atoms in total. The minimum Gasteiger partial charge on any atom is -0.481 e. The Morgan fingerprint density at radius 2 is 2.11 bits per heavy atom. The van der Waals surface area contributed by atoms with Crippen LogP contribution in [0.5, 0.6) is 0 Å². The minimum absolute atomic E-state index is 0.0311. The molecule has 2 atom stereocenters. The number of carbonyl (C=O) groups is 2. The summed E-state index contributed by atoms with van der Waals surface area (Å²) in [6.45, 7) is 4.66. The van der Waals surface area contributed by atoms with Gasteiger partial charge < -0.3 is 19.5 Å². The van der Waals surface area contributed by atoms with E-state index in [0.717, 1.165) is 0 Å². The standard InChI is InChI=1S/C13H23NO5/c1-9(2)19-5-4-12(15)14-8-11(18-3)6-10(14)7-13(16)17/h9-11H,4-8H2,1-3H3,(H,16,17). The maximum absolute atomic E-state index is 12.1. The van der Waals surface area contributed by atoms with Gasteiger partial charge in [-0.05, 0) is 20.3 Å². The summed E-state index contributed by atoms with van der Waals surface area (Å²) in [4.78, 5) is 24.5. The molecule has 1 aliphatic heterocycles. The number of hydrogen-bond acceptors (Lipinski definition) is 4. The van der Waals surface area contributed by atoms with Gasteiger partial charge in [-0.3, -0.25) is 9.59 Å². The van der Waals surface area contributed by atoms with Crippen molar-refractivity contribution in [1.82, 2.24) is 4.90 Å². The summed E-state index contributed by atoms with van der Waals surface area (Å²) in [5.41, 5.74) is 0. The van der Waals surface area contributed by atoms with Crippen LogP contribution in [0.3, 0.4) is 0 Å². The largest absolute Gasteiger partial charge is 0.481 e. The first kappa shape index (κ1) is 15.9. The number of rotatable bonds is 7. The number of carbonyl (C=O) groups excluding carboxylic acids is 1. The van der Waals surface area contributed by atoms with E-state index in [-0.39, 0.29) is 37.0 Å². The first-order chi connectivity index (χ1) is 8.93. The van der Waals surface area contributed by atoms with E-state index in [1.807, 2.05) is 13.8 Å². The third-order valence-corrected chi connectivity index (χ3v) is 3.21. The average Bonchev–Trinajstić information content (AvgIpc) is 2.70. The molecular formula is C13H23NO5. The molecule has 0 aliphatic carbocycles.